The van der Waals surface area contributed by atoms with Crippen LogP contribution in [0.3, 0.4) is 0 Å². The number of carbonyl (C=O) groups is 2. The molecule has 2 rings (SSSR count). The first-order chi connectivity index (χ1) is 11.8. The summed E-state index contributed by atoms with van der Waals surface area (Å²) in [7, 11) is 0. The third-order valence-electron chi connectivity index (χ3n) is 3.48. The number of furan rings is 1. The molecule has 0 aliphatic heterocycles. The van der Waals surface area contributed by atoms with Crippen LogP contribution < -0.4 is 10.2 Å². The predicted molar refractivity (Wildman–Crippen MR) is 84.6 cm³/mol. The van der Waals surface area contributed by atoms with E-state index in [-0.39, 0.29) is 25.2 Å². The molecule has 0 fully saturated rings. The molecule has 0 aliphatic carbocycles. The lowest BCUT2D eigenvalue weighted by Gasteiger charge is -2.24. The topological polar surface area (TPSA) is 62.6 Å². The standard InChI is InChI=1S/C17H17F3N2O3/c1-12(23)22(15-7-3-2-6-14(15)17(18,19)20)9-8-16(24)21-11-13-5-4-10-25-13/h2-7,10H,8-9,11H2,1H3,(H,21,24). The number of benzene rings is 1. The summed E-state index contributed by atoms with van der Waals surface area (Å²) < 4.78 is 44.4. The lowest BCUT2D eigenvalue weighted by molar-refractivity contribution is -0.137. The van der Waals surface area contributed by atoms with Crippen LogP contribution in [-0.4, -0.2) is 18.4 Å². The maximum absolute atomic E-state index is 13.1. The fourth-order valence-corrected chi connectivity index (χ4v) is 2.30. The monoisotopic (exact) mass is 354 g/mol. The molecule has 0 atom stereocenters. The van der Waals surface area contributed by atoms with E-state index in [1.54, 1.807) is 12.1 Å². The van der Waals surface area contributed by atoms with Gasteiger partial charge in [-0.25, -0.2) is 0 Å². The number of anilines is 1. The normalized spacial score (nSPS) is 11.2. The van der Waals surface area contributed by atoms with Crippen LogP contribution in [0.15, 0.2) is 47.1 Å². The minimum atomic E-state index is -4.59. The van der Waals surface area contributed by atoms with Gasteiger partial charge in [0.1, 0.15) is 5.76 Å². The lowest BCUT2D eigenvalue weighted by Crippen LogP contribution is -2.35. The summed E-state index contributed by atoms with van der Waals surface area (Å²) in [6, 6.07) is 8.14. The SMILES string of the molecule is CC(=O)N(CCC(=O)NCc1ccco1)c1ccccc1C(F)(F)F. The van der Waals surface area contributed by atoms with Crippen molar-refractivity contribution in [2.45, 2.75) is 26.1 Å². The molecule has 134 valence electrons. The Morgan fingerprint density at radius 1 is 1.16 bits per heavy atom. The van der Waals surface area contributed by atoms with Crippen molar-refractivity contribution >= 4 is 17.5 Å². The molecule has 1 aromatic carbocycles. The first kappa shape index (κ1) is 18.6. The number of alkyl halides is 3. The summed E-state index contributed by atoms with van der Waals surface area (Å²) in [6.45, 7) is 1.17. The highest BCUT2D eigenvalue weighted by molar-refractivity contribution is 5.93. The molecule has 0 spiro atoms. The largest absolute Gasteiger partial charge is 0.467 e. The Morgan fingerprint density at radius 3 is 2.48 bits per heavy atom. The van der Waals surface area contributed by atoms with Gasteiger partial charge in [-0.1, -0.05) is 12.1 Å². The van der Waals surface area contributed by atoms with Gasteiger partial charge in [0.15, 0.2) is 0 Å². The van der Waals surface area contributed by atoms with Crippen molar-refractivity contribution in [2.75, 3.05) is 11.4 Å². The van der Waals surface area contributed by atoms with Crippen LogP contribution in [0.25, 0.3) is 0 Å². The van der Waals surface area contributed by atoms with Crippen LogP contribution in [0.2, 0.25) is 0 Å². The van der Waals surface area contributed by atoms with Crippen LogP contribution >= 0.6 is 0 Å². The summed E-state index contributed by atoms with van der Waals surface area (Å²) in [5.74, 6) is -0.415. The van der Waals surface area contributed by atoms with Crippen molar-refractivity contribution in [3.8, 4) is 0 Å². The molecule has 1 N–H and O–H groups in total. The van der Waals surface area contributed by atoms with Gasteiger partial charge in [-0.15, -0.1) is 0 Å². The van der Waals surface area contributed by atoms with Crippen LogP contribution in [0.5, 0.6) is 0 Å². The highest BCUT2D eigenvalue weighted by Crippen LogP contribution is 2.36. The molecule has 0 saturated heterocycles. The Balaban J connectivity index is 2.04. The fraction of sp³-hybridized carbons (Fsp3) is 0.294. The molecule has 2 aromatic rings. The molecule has 1 aromatic heterocycles. The fourth-order valence-electron chi connectivity index (χ4n) is 2.30. The van der Waals surface area contributed by atoms with E-state index in [1.807, 2.05) is 0 Å². The molecule has 0 bridgehead atoms. The van der Waals surface area contributed by atoms with E-state index in [9.17, 15) is 22.8 Å². The summed E-state index contributed by atoms with van der Waals surface area (Å²) >= 11 is 0. The zero-order chi connectivity index (χ0) is 18.4. The number of nitrogens with zero attached hydrogens (tertiary/aromatic N) is 1. The second-order valence-corrected chi connectivity index (χ2v) is 5.29. The molecular weight excluding hydrogens is 337 g/mol. The van der Waals surface area contributed by atoms with Crippen LogP contribution in [-0.2, 0) is 22.3 Å². The number of hydrogen-bond acceptors (Lipinski definition) is 3. The second-order valence-electron chi connectivity index (χ2n) is 5.29. The average molecular weight is 354 g/mol. The maximum atomic E-state index is 13.1. The van der Waals surface area contributed by atoms with Gasteiger partial charge in [-0.2, -0.15) is 13.2 Å². The van der Waals surface area contributed by atoms with Crippen molar-refractivity contribution < 1.29 is 27.2 Å². The quantitative estimate of drug-likeness (QED) is 0.865. The third-order valence-corrected chi connectivity index (χ3v) is 3.48. The van der Waals surface area contributed by atoms with E-state index in [0.717, 1.165) is 17.9 Å². The van der Waals surface area contributed by atoms with E-state index in [1.165, 1.54) is 24.5 Å². The van der Waals surface area contributed by atoms with Crippen molar-refractivity contribution in [3.05, 3.63) is 54.0 Å². The summed E-state index contributed by atoms with van der Waals surface area (Å²) in [6.07, 6.45) is -3.26. The maximum Gasteiger partial charge on any atom is 0.418 e. The Bertz CT molecular complexity index is 727. The van der Waals surface area contributed by atoms with Crippen LogP contribution in [0.1, 0.15) is 24.7 Å². The molecular formula is C17H17F3N2O3. The van der Waals surface area contributed by atoms with Gasteiger partial charge in [-0.05, 0) is 24.3 Å². The highest BCUT2D eigenvalue weighted by Gasteiger charge is 2.35. The zero-order valence-electron chi connectivity index (χ0n) is 13.5. The van der Waals surface area contributed by atoms with E-state index in [4.69, 9.17) is 4.42 Å². The van der Waals surface area contributed by atoms with Crippen molar-refractivity contribution in [3.63, 3.8) is 0 Å². The van der Waals surface area contributed by atoms with Crippen molar-refractivity contribution in [1.82, 2.24) is 5.32 Å². The van der Waals surface area contributed by atoms with Gasteiger partial charge >= 0.3 is 6.18 Å². The molecule has 1 heterocycles. The highest BCUT2D eigenvalue weighted by atomic mass is 19.4. The Morgan fingerprint density at radius 2 is 1.88 bits per heavy atom. The smallest absolute Gasteiger partial charge is 0.418 e. The summed E-state index contributed by atoms with van der Waals surface area (Å²) in [5, 5.41) is 2.58. The van der Waals surface area contributed by atoms with Gasteiger partial charge in [-0.3, -0.25) is 9.59 Å². The molecule has 5 nitrogen and oxygen atoms in total. The molecule has 8 heteroatoms. The molecule has 0 unspecified atom stereocenters. The summed E-state index contributed by atoms with van der Waals surface area (Å²) in [5.41, 5.74) is -1.18. The molecule has 2 amide bonds. The third kappa shape index (κ3) is 5.10. The Hall–Kier alpha value is -2.77. The van der Waals surface area contributed by atoms with E-state index in [0.29, 0.717) is 5.76 Å². The van der Waals surface area contributed by atoms with Gasteiger partial charge in [0.2, 0.25) is 11.8 Å². The van der Waals surface area contributed by atoms with E-state index >= 15 is 0 Å². The Labute approximate surface area is 142 Å². The predicted octanol–water partition coefficient (Wildman–Crippen LogP) is 3.36. The molecule has 0 aliphatic rings. The number of halogens is 3. The van der Waals surface area contributed by atoms with Gasteiger partial charge < -0.3 is 14.6 Å². The minimum Gasteiger partial charge on any atom is -0.467 e. The summed E-state index contributed by atoms with van der Waals surface area (Å²) in [4.78, 5) is 24.6. The number of para-hydroxylation sites is 1. The first-order valence-corrected chi connectivity index (χ1v) is 7.52. The van der Waals surface area contributed by atoms with Crippen LogP contribution in [0.4, 0.5) is 18.9 Å². The average Bonchev–Trinajstić information content (AvgIpc) is 3.06. The number of nitrogens with one attached hydrogen (secondary N) is 1. The zero-order valence-corrected chi connectivity index (χ0v) is 13.5. The van der Waals surface area contributed by atoms with E-state index < -0.39 is 23.6 Å². The molecule has 0 saturated carbocycles. The number of hydrogen-bond donors (Lipinski definition) is 1. The van der Waals surface area contributed by atoms with Crippen LogP contribution in [0, 0.1) is 0 Å². The molecule has 0 radical (unpaired) electrons. The lowest BCUT2D eigenvalue weighted by atomic mass is 10.1. The van der Waals surface area contributed by atoms with Crippen molar-refractivity contribution in [1.29, 1.82) is 0 Å². The number of amides is 2. The number of carbonyl (C=O) groups excluding carboxylic acids is 2. The second kappa shape index (κ2) is 7.87. The number of rotatable bonds is 6. The van der Waals surface area contributed by atoms with E-state index in [2.05, 4.69) is 5.32 Å². The van der Waals surface area contributed by atoms with Gasteiger partial charge in [0, 0.05) is 19.9 Å². The Kier molecular flexibility index (Phi) is 5.84. The minimum absolute atomic E-state index is 0.132. The van der Waals surface area contributed by atoms with Gasteiger partial charge in [0.25, 0.3) is 0 Å². The first-order valence-electron chi connectivity index (χ1n) is 7.52. The van der Waals surface area contributed by atoms with Crippen molar-refractivity contribution in [2.24, 2.45) is 0 Å². The van der Waals surface area contributed by atoms with Gasteiger partial charge in [0.05, 0.1) is 24.1 Å². The molecule has 25 heavy (non-hydrogen) atoms.